The van der Waals surface area contributed by atoms with E-state index in [-0.39, 0.29) is 24.4 Å². The highest BCUT2D eigenvalue weighted by Crippen LogP contribution is 2.34. The molecule has 0 spiro atoms. The Labute approximate surface area is 183 Å². The molecule has 1 N–H and O–H groups in total. The summed E-state index contributed by atoms with van der Waals surface area (Å²) < 4.78 is 0. The molecule has 1 unspecified atom stereocenters. The van der Waals surface area contributed by atoms with Crippen molar-refractivity contribution in [2.45, 2.75) is 52.0 Å². The molecule has 1 aromatic carbocycles. The van der Waals surface area contributed by atoms with Crippen LogP contribution in [-0.2, 0) is 22.4 Å². The number of carbonyl (C=O) groups is 2. The molecule has 0 saturated carbocycles. The van der Waals surface area contributed by atoms with Gasteiger partial charge in [0.1, 0.15) is 5.82 Å². The van der Waals surface area contributed by atoms with Crippen molar-refractivity contribution in [1.82, 2.24) is 20.2 Å². The third kappa shape index (κ3) is 4.86. The molecular formula is C24H31N5O2. The highest BCUT2D eigenvalue weighted by Gasteiger charge is 2.33. The van der Waals surface area contributed by atoms with Crippen LogP contribution in [0.1, 0.15) is 54.9 Å². The lowest BCUT2D eigenvalue weighted by Crippen LogP contribution is -2.40. The van der Waals surface area contributed by atoms with E-state index >= 15 is 0 Å². The van der Waals surface area contributed by atoms with Crippen molar-refractivity contribution < 1.29 is 9.59 Å². The zero-order valence-corrected chi connectivity index (χ0v) is 18.4. The van der Waals surface area contributed by atoms with Gasteiger partial charge in [-0.25, -0.2) is 9.97 Å². The molecule has 31 heavy (non-hydrogen) atoms. The quantitative estimate of drug-likeness (QED) is 0.776. The second-order valence-electron chi connectivity index (χ2n) is 8.45. The predicted octanol–water partition coefficient (Wildman–Crippen LogP) is 2.58. The first-order valence-electron chi connectivity index (χ1n) is 11.2. The summed E-state index contributed by atoms with van der Waals surface area (Å²) >= 11 is 0. The van der Waals surface area contributed by atoms with E-state index in [1.54, 1.807) is 0 Å². The summed E-state index contributed by atoms with van der Waals surface area (Å²) in [5.74, 6) is 1.50. The summed E-state index contributed by atoms with van der Waals surface area (Å²) in [6, 6.07) is 10.4. The van der Waals surface area contributed by atoms with Crippen LogP contribution < -0.4 is 10.2 Å². The Morgan fingerprint density at radius 3 is 2.71 bits per heavy atom. The van der Waals surface area contributed by atoms with Crippen LogP contribution in [0.2, 0.25) is 0 Å². The van der Waals surface area contributed by atoms with Gasteiger partial charge in [-0.2, -0.15) is 0 Å². The standard InChI is InChI=1S/C24H31N5O2/c1-17-20-10-6-13-28(15-12-19-8-4-3-5-9-19)24(20)27-23(26-17)21-11-7-14-29(21)22(31)16-25-18(2)30/h3-5,8-9,21H,6-7,10-16H2,1-2H3,(H,25,30). The minimum absolute atomic E-state index is 0.0267. The van der Waals surface area contributed by atoms with Gasteiger partial charge in [0.2, 0.25) is 11.8 Å². The number of nitrogens with one attached hydrogen (secondary N) is 1. The normalized spacial score (nSPS) is 18.1. The van der Waals surface area contributed by atoms with E-state index in [2.05, 4.69) is 41.4 Å². The molecule has 7 heteroatoms. The van der Waals surface area contributed by atoms with Crippen molar-refractivity contribution in [1.29, 1.82) is 0 Å². The van der Waals surface area contributed by atoms with E-state index in [1.165, 1.54) is 18.1 Å². The summed E-state index contributed by atoms with van der Waals surface area (Å²) in [6.45, 7) is 6.10. The maximum absolute atomic E-state index is 12.7. The van der Waals surface area contributed by atoms with Crippen LogP contribution in [0.15, 0.2) is 30.3 Å². The molecule has 2 amide bonds. The molecule has 0 bridgehead atoms. The molecule has 4 rings (SSSR count). The number of aromatic nitrogens is 2. The fraction of sp³-hybridized carbons (Fsp3) is 0.500. The maximum Gasteiger partial charge on any atom is 0.242 e. The van der Waals surface area contributed by atoms with Gasteiger partial charge in [0.15, 0.2) is 5.82 Å². The molecule has 0 aliphatic carbocycles. The molecular weight excluding hydrogens is 390 g/mol. The molecule has 2 aliphatic heterocycles. The largest absolute Gasteiger partial charge is 0.356 e. The van der Waals surface area contributed by atoms with E-state index in [0.29, 0.717) is 6.54 Å². The number of fused-ring (bicyclic) bond motifs is 1. The van der Waals surface area contributed by atoms with Gasteiger partial charge < -0.3 is 15.1 Å². The second kappa shape index (κ2) is 9.45. The smallest absolute Gasteiger partial charge is 0.242 e. The predicted molar refractivity (Wildman–Crippen MR) is 120 cm³/mol. The zero-order valence-electron chi connectivity index (χ0n) is 18.4. The fourth-order valence-electron chi connectivity index (χ4n) is 4.62. The fourth-order valence-corrected chi connectivity index (χ4v) is 4.62. The molecule has 1 saturated heterocycles. The Hall–Kier alpha value is -2.96. The summed E-state index contributed by atoms with van der Waals surface area (Å²) in [5.41, 5.74) is 3.58. The Bertz CT molecular complexity index is 946. The van der Waals surface area contributed by atoms with Crippen LogP contribution >= 0.6 is 0 Å². The number of nitrogens with zero attached hydrogens (tertiary/aromatic N) is 4. The van der Waals surface area contributed by atoms with Crippen LogP contribution in [0.3, 0.4) is 0 Å². The molecule has 1 fully saturated rings. The summed E-state index contributed by atoms with van der Waals surface area (Å²) in [6.07, 6.45) is 4.86. The number of carbonyl (C=O) groups excluding carboxylic acids is 2. The monoisotopic (exact) mass is 421 g/mol. The van der Waals surface area contributed by atoms with E-state index < -0.39 is 0 Å². The highest BCUT2D eigenvalue weighted by molar-refractivity contribution is 5.84. The van der Waals surface area contributed by atoms with Crippen molar-refractivity contribution in [3.63, 3.8) is 0 Å². The molecule has 7 nitrogen and oxygen atoms in total. The molecule has 2 aromatic rings. The molecule has 0 radical (unpaired) electrons. The maximum atomic E-state index is 12.7. The van der Waals surface area contributed by atoms with Crippen molar-refractivity contribution in [3.8, 4) is 0 Å². The van der Waals surface area contributed by atoms with Crippen molar-refractivity contribution in [3.05, 3.63) is 53.0 Å². The summed E-state index contributed by atoms with van der Waals surface area (Å²) in [5, 5.41) is 2.62. The number of likely N-dealkylation sites (tertiary alicyclic amines) is 1. The number of aryl methyl sites for hydroxylation is 1. The Balaban J connectivity index is 1.55. The number of hydrogen-bond donors (Lipinski definition) is 1. The van der Waals surface area contributed by atoms with Gasteiger partial charge in [0.05, 0.1) is 12.6 Å². The van der Waals surface area contributed by atoms with Crippen molar-refractivity contribution in [2.75, 3.05) is 31.1 Å². The summed E-state index contributed by atoms with van der Waals surface area (Å²) in [4.78, 5) is 37.9. The first-order chi connectivity index (χ1) is 15.0. The van der Waals surface area contributed by atoms with E-state index in [4.69, 9.17) is 9.97 Å². The van der Waals surface area contributed by atoms with Crippen molar-refractivity contribution >= 4 is 17.6 Å². The third-order valence-corrected chi connectivity index (χ3v) is 6.24. The molecule has 1 aromatic heterocycles. The molecule has 3 heterocycles. The van der Waals surface area contributed by atoms with Crippen LogP contribution in [-0.4, -0.2) is 52.9 Å². The van der Waals surface area contributed by atoms with Gasteiger partial charge >= 0.3 is 0 Å². The molecule has 2 aliphatic rings. The Morgan fingerprint density at radius 2 is 1.94 bits per heavy atom. The minimum Gasteiger partial charge on any atom is -0.356 e. The Kier molecular flexibility index (Phi) is 6.49. The SMILES string of the molecule is CC(=O)NCC(=O)N1CCCC1c1nc(C)c2c(n1)N(CCc1ccccc1)CCC2. The van der Waals surface area contributed by atoms with Gasteiger partial charge in [-0.05, 0) is 44.6 Å². The lowest BCUT2D eigenvalue weighted by atomic mass is 10.0. The van der Waals surface area contributed by atoms with Gasteiger partial charge in [-0.15, -0.1) is 0 Å². The first kappa shape index (κ1) is 21.3. The van der Waals surface area contributed by atoms with Crippen LogP contribution in [0.25, 0.3) is 0 Å². The minimum atomic E-state index is -0.195. The molecule has 164 valence electrons. The van der Waals surface area contributed by atoms with Crippen LogP contribution in [0.4, 0.5) is 5.82 Å². The highest BCUT2D eigenvalue weighted by atomic mass is 16.2. The van der Waals surface area contributed by atoms with Crippen molar-refractivity contribution in [2.24, 2.45) is 0 Å². The number of rotatable bonds is 6. The average molecular weight is 422 g/mol. The lowest BCUT2D eigenvalue weighted by Gasteiger charge is -2.32. The third-order valence-electron chi connectivity index (χ3n) is 6.24. The van der Waals surface area contributed by atoms with Gasteiger partial charge in [0, 0.05) is 37.8 Å². The number of anilines is 1. The van der Waals surface area contributed by atoms with E-state index in [9.17, 15) is 9.59 Å². The molecule has 1 atom stereocenters. The first-order valence-corrected chi connectivity index (χ1v) is 11.2. The van der Waals surface area contributed by atoms with E-state index in [1.807, 2.05) is 11.0 Å². The lowest BCUT2D eigenvalue weighted by molar-refractivity contribution is -0.133. The van der Waals surface area contributed by atoms with Gasteiger partial charge in [0.25, 0.3) is 0 Å². The summed E-state index contributed by atoms with van der Waals surface area (Å²) in [7, 11) is 0. The zero-order chi connectivity index (χ0) is 21.8. The van der Waals surface area contributed by atoms with E-state index in [0.717, 1.165) is 62.5 Å². The average Bonchev–Trinajstić information content (AvgIpc) is 3.27. The number of benzene rings is 1. The van der Waals surface area contributed by atoms with Gasteiger partial charge in [-0.1, -0.05) is 30.3 Å². The number of hydrogen-bond acceptors (Lipinski definition) is 5. The topological polar surface area (TPSA) is 78.4 Å². The van der Waals surface area contributed by atoms with Crippen LogP contribution in [0, 0.1) is 6.92 Å². The Morgan fingerprint density at radius 1 is 1.13 bits per heavy atom. The van der Waals surface area contributed by atoms with Gasteiger partial charge in [-0.3, -0.25) is 9.59 Å². The van der Waals surface area contributed by atoms with Crippen LogP contribution in [0.5, 0.6) is 0 Å². The second-order valence-corrected chi connectivity index (χ2v) is 8.45. The number of amides is 2.